The minimum absolute atomic E-state index is 0.151. The zero-order chi connectivity index (χ0) is 15.5. The predicted molar refractivity (Wildman–Crippen MR) is 82.5 cm³/mol. The summed E-state index contributed by atoms with van der Waals surface area (Å²) in [5.74, 6) is 1.06. The van der Waals surface area contributed by atoms with E-state index in [4.69, 9.17) is 0 Å². The fourth-order valence-electron chi connectivity index (χ4n) is 2.90. The number of piperazine rings is 1. The van der Waals surface area contributed by atoms with E-state index in [2.05, 4.69) is 11.8 Å². The second-order valence-corrected chi connectivity index (χ2v) is 8.40. The molecule has 2 saturated heterocycles. The van der Waals surface area contributed by atoms with E-state index < -0.39 is 10.0 Å². The third-order valence-electron chi connectivity index (χ3n) is 4.58. The van der Waals surface area contributed by atoms with Crippen molar-refractivity contribution < 1.29 is 13.2 Å². The summed E-state index contributed by atoms with van der Waals surface area (Å²) in [5, 5.41) is 0. The highest BCUT2D eigenvalue weighted by atomic mass is 32.2. The molecule has 0 aromatic rings. The van der Waals surface area contributed by atoms with Gasteiger partial charge in [-0.05, 0) is 25.7 Å². The van der Waals surface area contributed by atoms with Gasteiger partial charge in [-0.3, -0.25) is 9.69 Å². The van der Waals surface area contributed by atoms with Crippen LogP contribution < -0.4 is 0 Å². The first kappa shape index (κ1) is 16.7. The molecular weight excluding hydrogens is 290 g/mol. The molecule has 1 amide bonds. The molecule has 0 bridgehead atoms. The minimum Gasteiger partial charge on any atom is -0.342 e. The van der Waals surface area contributed by atoms with E-state index in [0.29, 0.717) is 32.7 Å². The van der Waals surface area contributed by atoms with Crippen molar-refractivity contribution in [2.24, 2.45) is 5.92 Å². The lowest BCUT2D eigenvalue weighted by atomic mass is 9.99. The normalized spacial score (nSPS) is 23.4. The van der Waals surface area contributed by atoms with E-state index in [-0.39, 0.29) is 11.7 Å². The first-order chi connectivity index (χ1) is 9.92. The summed E-state index contributed by atoms with van der Waals surface area (Å²) in [5.41, 5.74) is 0. The third kappa shape index (κ3) is 4.40. The van der Waals surface area contributed by atoms with Crippen LogP contribution in [-0.4, -0.2) is 80.0 Å². The zero-order valence-corrected chi connectivity index (χ0v) is 13.9. The van der Waals surface area contributed by atoms with E-state index in [0.717, 1.165) is 31.8 Å². The van der Waals surface area contributed by atoms with Crippen molar-refractivity contribution in [3.8, 4) is 0 Å². The van der Waals surface area contributed by atoms with Crippen molar-refractivity contribution in [2.75, 3.05) is 51.6 Å². The van der Waals surface area contributed by atoms with Crippen LogP contribution in [0.4, 0.5) is 0 Å². The molecule has 2 aliphatic rings. The highest BCUT2D eigenvalue weighted by Crippen LogP contribution is 2.16. The molecule has 2 rings (SSSR count). The van der Waals surface area contributed by atoms with Crippen LogP contribution in [0.25, 0.3) is 0 Å². The predicted octanol–water partition coefficient (Wildman–Crippen LogP) is 0.212. The number of carbonyl (C=O) groups excluding carboxylic acids is 1. The van der Waals surface area contributed by atoms with Gasteiger partial charge < -0.3 is 4.90 Å². The first-order valence-electron chi connectivity index (χ1n) is 7.90. The summed E-state index contributed by atoms with van der Waals surface area (Å²) in [6.45, 7) is 8.35. The molecule has 0 saturated carbocycles. The van der Waals surface area contributed by atoms with Gasteiger partial charge in [0.1, 0.15) is 0 Å². The van der Waals surface area contributed by atoms with Crippen molar-refractivity contribution in [2.45, 2.75) is 26.7 Å². The fourth-order valence-corrected chi connectivity index (χ4v) is 3.98. The molecule has 0 atom stereocenters. The van der Waals surface area contributed by atoms with Gasteiger partial charge >= 0.3 is 0 Å². The first-order valence-corrected chi connectivity index (χ1v) is 9.51. The molecule has 7 heteroatoms. The number of sulfonamides is 1. The Kier molecular flexibility index (Phi) is 5.62. The van der Waals surface area contributed by atoms with Crippen LogP contribution >= 0.6 is 0 Å². The Morgan fingerprint density at radius 3 is 2.14 bits per heavy atom. The van der Waals surface area contributed by atoms with Crippen LogP contribution in [-0.2, 0) is 14.8 Å². The Hall–Kier alpha value is -0.660. The SMILES string of the molecule is CCS(=O)(=O)N1CCN(CC(=O)N2CCC(C)CC2)CC1. The Balaban J connectivity index is 1.77. The molecule has 21 heavy (non-hydrogen) atoms. The van der Waals surface area contributed by atoms with E-state index >= 15 is 0 Å². The summed E-state index contributed by atoms with van der Waals surface area (Å²) in [7, 11) is -3.09. The van der Waals surface area contributed by atoms with Gasteiger partial charge in [0, 0.05) is 39.3 Å². The summed E-state index contributed by atoms with van der Waals surface area (Å²) in [4.78, 5) is 16.3. The number of hydrogen-bond acceptors (Lipinski definition) is 4. The van der Waals surface area contributed by atoms with Crippen molar-refractivity contribution in [3.05, 3.63) is 0 Å². The number of hydrogen-bond donors (Lipinski definition) is 0. The standard InChI is InChI=1S/C14H27N3O3S/c1-3-21(19,20)17-10-8-15(9-11-17)12-14(18)16-6-4-13(2)5-7-16/h13H,3-12H2,1-2H3. The Morgan fingerprint density at radius 1 is 1.05 bits per heavy atom. The van der Waals surface area contributed by atoms with Gasteiger partial charge in [-0.25, -0.2) is 8.42 Å². The molecule has 0 aromatic carbocycles. The van der Waals surface area contributed by atoms with E-state index in [9.17, 15) is 13.2 Å². The van der Waals surface area contributed by atoms with Crippen LogP contribution in [0.3, 0.4) is 0 Å². The van der Waals surface area contributed by atoms with Gasteiger partial charge in [0.2, 0.25) is 15.9 Å². The van der Waals surface area contributed by atoms with Gasteiger partial charge in [-0.15, -0.1) is 0 Å². The quantitative estimate of drug-likeness (QED) is 0.744. The van der Waals surface area contributed by atoms with Crippen LogP contribution in [0, 0.1) is 5.92 Å². The largest absolute Gasteiger partial charge is 0.342 e. The maximum atomic E-state index is 12.3. The van der Waals surface area contributed by atoms with Crippen LogP contribution in [0.1, 0.15) is 26.7 Å². The Labute approximate surface area is 128 Å². The number of rotatable bonds is 4. The Bertz CT molecular complexity index is 450. The van der Waals surface area contributed by atoms with Crippen molar-refractivity contribution in [1.29, 1.82) is 0 Å². The summed E-state index contributed by atoms with van der Waals surface area (Å²) >= 11 is 0. The van der Waals surface area contributed by atoms with Crippen molar-refractivity contribution >= 4 is 15.9 Å². The number of carbonyl (C=O) groups is 1. The third-order valence-corrected chi connectivity index (χ3v) is 6.47. The van der Waals surface area contributed by atoms with Crippen molar-refractivity contribution in [3.63, 3.8) is 0 Å². The fraction of sp³-hybridized carbons (Fsp3) is 0.929. The number of amides is 1. The molecule has 0 spiro atoms. The molecule has 0 unspecified atom stereocenters. The van der Waals surface area contributed by atoms with Gasteiger partial charge in [0.05, 0.1) is 12.3 Å². The molecule has 0 aromatic heterocycles. The summed E-state index contributed by atoms with van der Waals surface area (Å²) in [6.07, 6.45) is 2.18. The minimum atomic E-state index is -3.09. The second kappa shape index (κ2) is 7.07. The average molecular weight is 317 g/mol. The lowest BCUT2D eigenvalue weighted by Gasteiger charge is -2.36. The number of piperidine rings is 1. The van der Waals surface area contributed by atoms with Crippen molar-refractivity contribution in [1.82, 2.24) is 14.1 Å². The maximum absolute atomic E-state index is 12.3. The lowest BCUT2D eigenvalue weighted by Crippen LogP contribution is -2.52. The van der Waals surface area contributed by atoms with Crippen LogP contribution in [0.5, 0.6) is 0 Å². The number of likely N-dealkylation sites (tertiary alicyclic amines) is 1. The summed E-state index contributed by atoms with van der Waals surface area (Å²) < 4.78 is 25.1. The zero-order valence-electron chi connectivity index (χ0n) is 13.1. The molecular formula is C14H27N3O3S. The monoisotopic (exact) mass is 317 g/mol. The van der Waals surface area contributed by atoms with Crippen LogP contribution in [0.2, 0.25) is 0 Å². The molecule has 122 valence electrons. The highest BCUT2D eigenvalue weighted by Gasteiger charge is 2.28. The van der Waals surface area contributed by atoms with Gasteiger partial charge in [-0.1, -0.05) is 6.92 Å². The number of nitrogens with zero attached hydrogens (tertiary/aromatic N) is 3. The average Bonchev–Trinajstić information content (AvgIpc) is 2.48. The second-order valence-electron chi connectivity index (χ2n) is 6.14. The highest BCUT2D eigenvalue weighted by molar-refractivity contribution is 7.89. The molecule has 2 heterocycles. The summed E-state index contributed by atoms with van der Waals surface area (Å²) in [6, 6.07) is 0. The molecule has 0 N–H and O–H groups in total. The lowest BCUT2D eigenvalue weighted by molar-refractivity contribution is -0.134. The van der Waals surface area contributed by atoms with Gasteiger partial charge in [-0.2, -0.15) is 4.31 Å². The Morgan fingerprint density at radius 2 is 1.62 bits per heavy atom. The molecule has 2 fully saturated rings. The topological polar surface area (TPSA) is 60.9 Å². The molecule has 6 nitrogen and oxygen atoms in total. The van der Waals surface area contributed by atoms with Gasteiger partial charge in [0.25, 0.3) is 0 Å². The smallest absolute Gasteiger partial charge is 0.236 e. The van der Waals surface area contributed by atoms with Crippen LogP contribution in [0.15, 0.2) is 0 Å². The van der Waals surface area contributed by atoms with E-state index in [1.165, 1.54) is 4.31 Å². The van der Waals surface area contributed by atoms with Gasteiger partial charge in [0.15, 0.2) is 0 Å². The molecule has 0 aliphatic carbocycles. The van der Waals surface area contributed by atoms with E-state index in [1.807, 2.05) is 4.90 Å². The molecule has 2 aliphatic heterocycles. The van der Waals surface area contributed by atoms with E-state index in [1.54, 1.807) is 6.92 Å². The molecule has 0 radical (unpaired) electrons. The maximum Gasteiger partial charge on any atom is 0.236 e.